The summed E-state index contributed by atoms with van der Waals surface area (Å²) in [5.41, 5.74) is 4.26. The van der Waals surface area contributed by atoms with Gasteiger partial charge in [-0.3, -0.25) is 4.98 Å². The van der Waals surface area contributed by atoms with Gasteiger partial charge in [0.1, 0.15) is 5.01 Å². The van der Waals surface area contributed by atoms with E-state index >= 15 is 0 Å². The molecule has 0 amide bonds. The van der Waals surface area contributed by atoms with Gasteiger partial charge in [0.05, 0.1) is 5.69 Å². The summed E-state index contributed by atoms with van der Waals surface area (Å²) in [6.45, 7) is 2.08. The molecule has 0 saturated heterocycles. The van der Waals surface area contributed by atoms with Gasteiger partial charge in [-0.2, -0.15) is 0 Å². The van der Waals surface area contributed by atoms with Gasteiger partial charge < -0.3 is 4.42 Å². The third kappa shape index (κ3) is 3.78. The second-order valence-electron chi connectivity index (χ2n) is 5.41. The van der Waals surface area contributed by atoms with E-state index in [1.165, 1.54) is 17.3 Å². The molecule has 0 atom stereocenters. The fraction of sp³-hybridized carbons (Fsp3) is 0.111. The van der Waals surface area contributed by atoms with Crippen LogP contribution in [0.3, 0.4) is 0 Å². The van der Waals surface area contributed by atoms with Crippen LogP contribution in [0.5, 0.6) is 0 Å². The van der Waals surface area contributed by atoms with Crippen molar-refractivity contribution in [3.8, 4) is 22.0 Å². The molecule has 4 aromatic rings. The van der Waals surface area contributed by atoms with Gasteiger partial charge in [0.2, 0.25) is 5.89 Å². The zero-order valence-corrected chi connectivity index (χ0v) is 15.0. The molecule has 7 heteroatoms. The van der Waals surface area contributed by atoms with Gasteiger partial charge in [-0.25, -0.2) is 4.98 Å². The van der Waals surface area contributed by atoms with Gasteiger partial charge in [-0.05, 0) is 19.1 Å². The molecule has 3 heterocycles. The summed E-state index contributed by atoms with van der Waals surface area (Å²) in [4.78, 5) is 8.67. The first kappa shape index (κ1) is 16.0. The van der Waals surface area contributed by atoms with Crippen LogP contribution >= 0.6 is 23.1 Å². The SMILES string of the molecule is Cc1ccc(-c2nc(CSc3nnc(-c4ccncc4)o3)cs2)cc1. The average Bonchev–Trinajstić information content (AvgIpc) is 3.31. The summed E-state index contributed by atoms with van der Waals surface area (Å²) >= 11 is 3.14. The van der Waals surface area contributed by atoms with Crippen molar-refractivity contribution >= 4 is 23.1 Å². The third-order valence-corrected chi connectivity index (χ3v) is 5.32. The minimum Gasteiger partial charge on any atom is -0.411 e. The van der Waals surface area contributed by atoms with Crippen LogP contribution in [0.4, 0.5) is 0 Å². The largest absolute Gasteiger partial charge is 0.411 e. The molecular weight excluding hydrogens is 352 g/mol. The molecule has 0 bridgehead atoms. The van der Waals surface area contributed by atoms with Crippen molar-refractivity contribution in [3.63, 3.8) is 0 Å². The molecule has 0 unspecified atom stereocenters. The minimum absolute atomic E-state index is 0.503. The third-order valence-electron chi connectivity index (χ3n) is 3.53. The zero-order chi connectivity index (χ0) is 17.1. The van der Waals surface area contributed by atoms with Gasteiger partial charge >= 0.3 is 0 Å². The van der Waals surface area contributed by atoms with E-state index in [0.717, 1.165) is 21.8 Å². The Morgan fingerprint density at radius 1 is 1.00 bits per heavy atom. The highest BCUT2D eigenvalue weighted by Crippen LogP contribution is 2.29. The summed E-state index contributed by atoms with van der Waals surface area (Å²) in [5, 5.41) is 11.8. The molecule has 0 fully saturated rings. The van der Waals surface area contributed by atoms with E-state index in [4.69, 9.17) is 4.42 Å². The molecule has 25 heavy (non-hydrogen) atoms. The van der Waals surface area contributed by atoms with Crippen LogP contribution in [0.25, 0.3) is 22.0 Å². The Kier molecular flexibility index (Phi) is 4.58. The first-order chi connectivity index (χ1) is 12.3. The molecule has 4 rings (SSSR count). The molecule has 0 saturated carbocycles. The number of aromatic nitrogens is 4. The summed E-state index contributed by atoms with van der Waals surface area (Å²) in [7, 11) is 0. The highest BCUT2D eigenvalue weighted by Gasteiger charge is 2.11. The predicted molar refractivity (Wildman–Crippen MR) is 99.4 cm³/mol. The number of pyridine rings is 1. The quantitative estimate of drug-likeness (QED) is 0.470. The van der Waals surface area contributed by atoms with E-state index in [-0.39, 0.29) is 0 Å². The van der Waals surface area contributed by atoms with Crippen LogP contribution in [0.1, 0.15) is 11.3 Å². The van der Waals surface area contributed by atoms with Gasteiger partial charge in [0, 0.05) is 34.7 Å². The molecule has 0 aliphatic heterocycles. The lowest BCUT2D eigenvalue weighted by Crippen LogP contribution is -1.82. The maximum Gasteiger partial charge on any atom is 0.277 e. The average molecular weight is 366 g/mol. The van der Waals surface area contributed by atoms with Gasteiger partial charge in [-0.1, -0.05) is 41.6 Å². The Balaban J connectivity index is 1.42. The maximum atomic E-state index is 5.68. The standard InChI is InChI=1S/C18H14N4OS2/c1-12-2-4-14(5-3-12)17-20-15(10-24-17)11-25-18-22-21-16(23-18)13-6-8-19-9-7-13/h2-10H,11H2,1H3. The molecule has 3 aromatic heterocycles. The van der Waals surface area contributed by atoms with Gasteiger partial charge in [-0.15, -0.1) is 21.5 Å². The van der Waals surface area contributed by atoms with Crippen molar-refractivity contribution < 1.29 is 4.42 Å². The zero-order valence-electron chi connectivity index (χ0n) is 13.4. The number of nitrogens with zero attached hydrogens (tertiary/aromatic N) is 4. The van der Waals surface area contributed by atoms with Crippen LogP contribution in [0, 0.1) is 6.92 Å². The highest BCUT2D eigenvalue weighted by molar-refractivity contribution is 7.98. The number of thiazole rings is 1. The van der Waals surface area contributed by atoms with E-state index in [1.807, 2.05) is 12.1 Å². The molecule has 0 N–H and O–H groups in total. The number of hydrogen-bond acceptors (Lipinski definition) is 7. The number of aryl methyl sites for hydroxylation is 1. The Bertz CT molecular complexity index is 964. The first-order valence-corrected chi connectivity index (χ1v) is 9.52. The molecule has 124 valence electrons. The fourth-order valence-corrected chi connectivity index (χ4v) is 3.80. The topological polar surface area (TPSA) is 64.7 Å². The Labute approximate surface area is 153 Å². The second kappa shape index (κ2) is 7.16. The summed E-state index contributed by atoms with van der Waals surface area (Å²) in [6, 6.07) is 12.1. The maximum absolute atomic E-state index is 5.68. The molecule has 0 aliphatic rings. The number of benzene rings is 1. The lowest BCUT2D eigenvalue weighted by Gasteiger charge is -1.97. The molecule has 1 aromatic carbocycles. The van der Waals surface area contributed by atoms with Crippen molar-refractivity contribution in [2.24, 2.45) is 0 Å². The highest BCUT2D eigenvalue weighted by atomic mass is 32.2. The van der Waals surface area contributed by atoms with E-state index in [9.17, 15) is 0 Å². The number of rotatable bonds is 5. The smallest absolute Gasteiger partial charge is 0.277 e. The second-order valence-corrected chi connectivity index (χ2v) is 7.19. The van der Waals surface area contributed by atoms with Gasteiger partial charge in [0.15, 0.2) is 0 Å². The molecule has 0 radical (unpaired) electrons. The van der Waals surface area contributed by atoms with Crippen molar-refractivity contribution in [1.29, 1.82) is 0 Å². The van der Waals surface area contributed by atoms with Crippen LogP contribution in [-0.4, -0.2) is 20.2 Å². The summed E-state index contributed by atoms with van der Waals surface area (Å²) in [6.07, 6.45) is 3.41. The molecule has 5 nitrogen and oxygen atoms in total. The number of thioether (sulfide) groups is 1. The monoisotopic (exact) mass is 366 g/mol. The minimum atomic E-state index is 0.503. The van der Waals surface area contributed by atoms with E-state index in [2.05, 4.69) is 56.7 Å². The normalized spacial score (nSPS) is 10.9. The lowest BCUT2D eigenvalue weighted by atomic mass is 10.2. The van der Waals surface area contributed by atoms with Crippen molar-refractivity contribution in [1.82, 2.24) is 20.2 Å². The Hall–Kier alpha value is -2.51. The molecule has 0 aliphatic carbocycles. The lowest BCUT2D eigenvalue weighted by molar-refractivity contribution is 0.465. The Morgan fingerprint density at radius 3 is 2.60 bits per heavy atom. The van der Waals surface area contributed by atoms with Gasteiger partial charge in [0.25, 0.3) is 5.22 Å². The molecular formula is C18H14N4OS2. The summed E-state index contributed by atoms with van der Waals surface area (Å²) in [5.74, 6) is 1.20. The first-order valence-electron chi connectivity index (χ1n) is 7.66. The van der Waals surface area contributed by atoms with Crippen LogP contribution < -0.4 is 0 Å². The Morgan fingerprint density at radius 2 is 1.80 bits per heavy atom. The fourth-order valence-electron chi connectivity index (χ4n) is 2.22. The van der Waals surface area contributed by atoms with Crippen molar-refractivity contribution in [3.05, 3.63) is 65.4 Å². The predicted octanol–water partition coefficient (Wildman–Crippen LogP) is 4.86. The van der Waals surface area contributed by atoms with Crippen LogP contribution in [0.2, 0.25) is 0 Å². The van der Waals surface area contributed by atoms with Crippen LogP contribution in [0.15, 0.2) is 63.8 Å². The van der Waals surface area contributed by atoms with E-state index in [0.29, 0.717) is 16.9 Å². The van der Waals surface area contributed by atoms with E-state index in [1.54, 1.807) is 23.7 Å². The van der Waals surface area contributed by atoms with Crippen LogP contribution in [-0.2, 0) is 5.75 Å². The van der Waals surface area contributed by atoms with Crippen molar-refractivity contribution in [2.45, 2.75) is 17.9 Å². The number of hydrogen-bond donors (Lipinski definition) is 0. The summed E-state index contributed by atoms with van der Waals surface area (Å²) < 4.78 is 5.68. The molecule has 0 spiro atoms. The van der Waals surface area contributed by atoms with Crippen molar-refractivity contribution in [2.75, 3.05) is 0 Å². The van der Waals surface area contributed by atoms with E-state index < -0.39 is 0 Å².